The van der Waals surface area contributed by atoms with Crippen LogP contribution in [0, 0.1) is 0 Å². The van der Waals surface area contributed by atoms with Gasteiger partial charge >= 0.3 is 0 Å². The average Bonchev–Trinajstić information content (AvgIpc) is 2.36. The van der Waals surface area contributed by atoms with Crippen molar-refractivity contribution in [2.45, 2.75) is 40.2 Å². The van der Waals surface area contributed by atoms with E-state index in [1.165, 1.54) is 5.57 Å². The maximum absolute atomic E-state index is 11.8. The molecule has 0 spiro atoms. The normalized spacial score (nSPS) is 14.9. The van der Waals surface area contributed by atoms with Crippen LogP contribution in [0.4, 0.5) is 0 Å². The van der Waals surface area contributed by atoms with E-state index in [0.717, 1.165) is 11.3 Å². The topological polar surface area (TPSA) is 35.5 Å². The fourth-order valence-corrected chi connectivity index (χ4v) is 2.15. The van der Waals surface area contributed by atoms with E-state index in [-0.39, 0.29) is 11.4 Å². The van der Waals surface area contributed by atoms with Crippen LogP contribution in [-0.2, 0) is 0 Å². The van der Waals surface area contributed by atoms with Gasteiger partial charge < -0.3 is 9.47 Å². The van der Waals surface area contributed by atoms with Gasteiger partial charge in [0.15, 0.2) is 5.78 Å². The molecule has 21 heavy (non-hydrogen) atoms. The molecule has 0 bridgehead atoms. The third kappa shape index (κ3) is 3.54. The van der Waals surface area contributed by atoms with Gasteiger partial charge in [0, 0.05) is 0 Å². The Bertz CT molecular complexity index is 618. The van der Waals surface area contributed by atoms with Gasteiger partial charge in [-0.25, -0.2) is 0 Å². The predicted molar refractivity (Wildman–Crippen MR) is 85.1 cm³/mol. The number of Topliss-reactive ketones (excluding diaryl/α,β-unsaturated/α-hetero) is 1. The number of carbonyl (C=O) groups excluding carboxylic acids is 1. The van der Waals surface area contributed by atoms with Gasteiger partial charge in [-0.15, -0.1) is 0 Å². The number of hydrogen-bond acceptors (Lipinski definition) is 3. The predicted octanol–water partition coefficient (Wildman–Crippen LogP) is 4.42. The molecule has 2 rings (SSSR count). The molecule has 0 radical (unpaired) electrons. The fraction of sp³-hybridized carbons (Fsp3) is 0.389. The lowest BCUT2D eigenvalue weighted by Gasteiger charge is -2.29. The first-order chi connectivity index (χ1) is 9.80. The maximum Gasteiger partial charge on any atom is 0.163 e. The molecule has 112 valence electrons. The first-order valence-corrected chi connectivity index (χ1v) is 7.12. The van der Waals surface area contributed by atoms with Gasteiger partial charge in [-0.2, -0.15) is 0 Å². The van der Waals surface area contributed by atoms with Crippen LogP contribution < -0.4 is 9.47 Å². The molecule has 1 heterocycles. The van der Waals surface area contributed by atoms with Crippen molar-refractivity contribution >= 4 is 11.9 Å². The summed E-state index contributed by atoms with van der Waals surface area (Å²) in [6.07, 6.45) is 5.94. The molecule has 0 fully saturated rings. The van der Waals surface area contributed by atoms with Crippen LogP contribution in [0.1, 0.15) is 50.5 Å². The average molecular weight is 286 g/mol. The van der Waals surface area contributed by atoms with E-state index in [1.54, 1.807) is 13.0 Å². The summed E-state index contributed by atoms with van der Waals surface area (Å²) in [5, 5.41) is 0. The van der Waals surface area contributed by atoms with Crippen molar-refractivity contribution in [1.29, 1.82) is 0 Å². The summed E-state index contributed by atoms with van der Waals surface area (Å²) in [4.78, 5) is 11.8. The molecule has 1 aliphatic heterocycles. The number of hydrogen-bond donors (Lipinski definition) is 0. The molecule has 0 saturated carbocycles. The molecule has 0 saturated heterocycles. The van der Waals surface area contributed by atoms with Crippen LogP contribution in [0.5, 0.6) is 11.5 Å². The molecule has 1 aromatic rings. The zero-order chi connectivity index (χ0) is 15.6. The van der Waals surface area contributed by atoms with Crippen LogP contribution >= 0.6 is 0 Å². The molecule has 3 heteroatoms. The Labute approximate surface area is 126 Å². The summed E-state index contributed by atoms with van der Waals surface area (Å²) in [7, 11) is 0. The second kappa shape index (κ2) is 5.76. The minimum absolute atomic E-state index is 0.0109. The largest absolute Gasteiger partial charge is 0.488 e. The molecule has 0 N–H and O–H groups in total. The minimum atomic E-state index is -0.345. The fourth-order valence-electron chi connectivity index (χ4n) is 2.15. The van der Waals surface area contributed by atoms with Crippen molar-refractivity contribution in [2.75, 3.05) is 6.61 Å². The smallest absolute Gasteiger partial charge is 0.163 e. The van der Waals surface area contributed by atoms with E-state index in [4.69, 9.17) is 9.47 Å². The molecule has 0 aliphatic carbocycles. The van der Waals surface area contributed by atoms with Gasteiger partial charge in [-0.05, 0) is 65.0 Å². The first kappa shape index (κ1) is 15.4. The molecule has 3 nitrogen and oxygen atoms in total. The highest BCUT2D eigenvalue weighted by molar-refractivity contribution is 5.98. The van der Waals surface area contributed by atoms with Gasteiger partial charge in [0.2, 0.25) is 0 Å². The Morgan fingerprint density at radius 3 is 2.62 bits per heavy atom. The molecule has 1 aromatic carbocycles. The van der Waals surface area contributed by atoms with E-state index in [9.17, 15) is 4.79 Å². The molecule has 0 aromatic heterocycles. The highest BCUT2D eigenvalue weighted by atomic mass is 16.5. The Morgan fingerprint density at radius 1 is 1.29 bits per heavy atom. The highest BCUT2D eigenvalue weighted by Gasteiger charge is 2.25. The number of ether oxygens (including phenoxy) is 2. The number of fused-ring (bicyclic) bond motifs is 1. The van der Waals surface area contributed by atoms with E-state index >= 15 is 0 Å². The van der Waals surface area contributed by atoms with Gasteiger partial charge in [0.1, 0.15) is 23.7 Å². The highest BCUT2D eigenvalue weighted by Crippen LogP contribution is 2.39. The summed E-state index contributed by atoms with van der Waals surface area (Å²) in [5.74, 6) is 1.34. The Morgan fingerprint density at radius 2 is 2.00 bits per heavy atom. The standard InChI is InChI=1S/C18H22O3/c1-12(2)9-11-20-17-14(13(3)19)6-7-16-15(17)8-10-18(4,5)21-16/h6-10H,11H2,1-5H3. The van der Waals surface area contributed by atoms with Crippen molar-refractivity contribution in [3.05, 3.63) is 41.0 Å². The number of allylic oxidation sites excluding steroid dienone is 1. The molecular weight excluding hydrogens is 264 g/mol. The van der Waals surface area contributed by atoms with E-state index in [1.807, 2.05) is 52.0 Å². The second-order valence-corrected chi connectivity index (χ2v) is 6.04. The number of benzene rings is 1. The van der Waals surface area contributed by atoms with Gasteiger partial charge in [-0.3, -0.25) is 4.79 Å². The van der Waals surface area contributed by atoms with E-state index in [2.05, 4.69) is 0 Å². The summed E-state index contributed by atoms with van der Waals surface area (Å²) in [5.41, 5.74) is 2.26. The lowest BCUT2D eigenvalue weighted by molar-refractivity contribution is 0.101. The van der Waals surface area contributed by atoms with Crippen molar-refractivity contribution in [3.63, 3.8) is 0 Å². The number of ketones is 1. The van der Waals surface area contributed by atoms with Crippen LogP contribution in [-0.4, -0.2) is 18.0 Å². The SMILES string of the molecule is CC(=O)c1ccc2c(c1OCC=C(C)C)C=CC(C)(C)O2. The lowest BCUT2D eigenvalue weighted by atomic mass is 9.98. The second-order valence-electron chi connectivity index (χ2n) is 6.04. The van der Waals surface area contributed by atoms with Crippen molar-refractivity contribution in [3.8, 4) is 11.5 Å². The summed E-state index contributed by atoms with van der Waals surface area (Å²) in [6.45, 7) is 10.0. The molecule has 0 unspecified atom stereocenters. The van der Waals surface area contributed by atoms with E-state index in [0.29, 0.717) is 17.9 Å². The first-order valence-electron chi connectivity index (χ1n) is 7.12. The van der Waals surface area contributed by atoms with Crippen LogP contribution in [0.15, 0.2) is 29.9 Å². The third-order valence-electron chi connectivity index (χ3n) is 3.28. The quantitative estimate of drug-likeness (QED) is 0.607. The van der Waals surface area contributed by atoms with Crippen LogP contribution in [0.2, 0.25) is 0 Å². The summed E-state index contributed by atoms with van der Waals surface area (Å²) >= 11 is 0. The zero-order valence-electron chi connectivity index (χ0n) is 13.3. The molecule has 0 amide bonds. The summed E-state index contributed by atoms with van der Waals surface area (Å²) in [6, 6.07) is 3.61. The van der Waals surface area contributed by atoms with Crippen molar-refractivity contribution in [1.82, 2.24) is 0 Å². The number of carbonyl (C=O) groups is 1. The van der Waals surface area contributed by atoms with Crippen molar-refractivity contribution < 1.29 is 14.3 Å². The Kier molecular flexibility index (Phi) is 4.21. The minimum Gasteiger partial charge on any atom is -0.488 e. The van der Waals surface area contributed by atoms with Crippen LogP contribution in [0.25, 0.3) is 6.08 Å². The van der Waals surface area contributed by atoms with Crippen LogP contribution in [0.3, 0.4) is 0 Å². The van der Waals surface area contributed by atoms with Gasteiger partial charge in [-0.1, -0.05) is 5.57 Å². The Balaban J connectivity index is 2.44. The molecular formula is C18H22O3. The zero-order valence-corrected chi connectivity index (χ0v) is 13.3. The third-order valence-corrected chi connectivity index (χ3v) is 3.28. The Hall–Kier alpha value is -2.03. The molecule has 0 atom stereocenters. The lowest BCUT2D eigenvalue weighted by Crippen LogP contribution is -2.27. The summed E-state index contributed by atoms with van der Waals surface area (Å²) < 4.78 is 11.8. The van der Waals surface area contributed by atoms with Crippen molar-refractivity contribution in [2.24, 2.45) is 0 Å². The van der Waals surface area contributed by atoms with E-state index < -0.39 is 0 Å². The molecule has 1 aliphatic rings. The monoisotopic (exact) mass is 286 g/mol. The van der Waals surface area contributed by atoms with Gasteiger partial charge in [0.25, 0.3) is 0 Å². The number of rotatable bonds is 4. The van der Waals surface area contributed by atoms with Gasteiger partial charge in [0.05, 0.1) is 11.1 Å². The maximum atomic E-state index is 11.8.